The molecular weight excluding hydrogens is 196 g/mol. The van der Waals surface area contributed by atoms with E-state index in [0.717, 1.165) is 12.0 Å². The van der Waals surface area contributed by atoms with E-state index in [9.17, 15) is 0 Å². The topological polar surface area (TPSA) is 38.9 Å². The minimum atomic E-state index is 0.0480. The Balaban J connectivity index is 2.10. The molecule has 2 rings (SSSR count). The fraction of sp³-hybridized carbons (Fsp3) is 0.500. The van der Waals surface area contributed by atoms with Gasteiger partial charge in [0.15, 0.2) is 0 Å². The minimum Gasteiger partial charge on any atom is -0.320 e. The van der Waals surface area contributed by atoms with E-state index in [1.807, 2.05) is 12.3 Å². The quantitative estimate of drug-likeness (QED) is 0.770. The molecule has 2 nitrogen and oxygen atoms in total. The average molecular weight is 216 g/mol. The average Bonchev–Trinajstić information content (AvgIpc) is 2.29. The molecule has 0 aliphatic heterocycles. The molecule has 0 amide bonds. The third-order valence-electron chi connectivity index (χ3n) is 3.27. The summed E-state index contributed by atoms with van der Waals surface area (Å²) in [7, 11) is 0. The zero-order chi connectivity index (χ0) is 11.2. The van der Waals surface area contributed by atoms with Crippen LogP contribution in [0.4, 0.5) is 0 Å². The van der Waals surface area contributed by atoms with Gasteiger partial charge in [-0.3, -0.25) is 4.98 Å². The van der Waals surface area contributed by atoms with Crippen molar-refractivity contribution in [3.05, 3.63) is 41.7 Å². The summed E-state index contributed by atoms with van der Waals surface area (Å²) in [4.78, 5) is 4.14. The molecule has 0 saturated carbocycles. The van der Waals surface area contributed by atoms with E-state index in [4.69, 9.17) is 5.73 Å². The Kier molecular flexibility index (Phi) is 4.11. The Labute approximate surface area is 97.6 Å². The summed E-state index contributed by atoms with van der Waals surface area (Å²) < 4.78 is 0. The van der Waals surface area contributed by atoms with Gasteiger partial charge < -0.3 is 5.73 Å². The zero-order valence-electron chi connectivity index (χ0n) is 9.73. The van der Waals surface area contributed by atoms with E-state index in [1.165, 1.54) is 37.7 Å². The Hall–Kier alpha value is -1.15. The number of allylic oxidation sites excluding steroid dienone is 1. The molecule has 0 radical (unpaired) electrons. The van der Waals surface area contributed by atoms with Gasteiger partial charge in [-0.15, -0.1) is 0 Å². The lowest BCUT2D eigenvalue weighted by molar-refractivity contribution is 0.602. The second kappa shape index (κ2) is 5.80. The number of hydrogen-bond donors (Lipinski definition) is 1. The maximum absolute atomic E-state index is 6.28. The third-order valence-corrected chi connectivity index (χ3v) is 3.27. The molecule has 2 heteroatoms. The van der Waals surface area contributed by atoms with Crippen LogP contribution in [0.5, 0.6) is 0 Å². The van der Waals surface area contributed by atoms with Gasteiger partial charge in [0.05, 0.1) is 6.04 Å². The number of nitrogens with zero attached hydrogens (tertiary/aromatic N) is 1. The van der Waals surface area contributed by atoms with Gasteiger partial charge in [0, 0.05) is 12.4 Å². The van der Waals surface area contributed by atoms with E-state index in [-0.39, 0.29) is 6.04 Å². The number of pyridine rings is 1. The highest BCUT2D eigenvalue weighted by Crippen LogP contribution is 2.26. The summed E-state index contributed by atoms with van der Waals surface area (Å²) in [5.74, 6) is 0. The van der Waals surface area contributed by atoms with Gasteiger partial charge >= 0.3 is 0 Å². The molecule has 1 aromatic heterocycles. The van der Waals surface area contributed by atoms with Crippen LogP contribution in [-0.4, -0.2) is 4.98 Å². The van der Waals surface area contributed by atoms with E-state index in [2.05, 4.69) is 17.1 Å². The van der Waals surface area contributed by atoms with Crippen LogP contribution in [0.15, 0.2) is 36.2 Å². The lowest BCUT2D eigenvalue weighted by Crippen LogP contribution is -2.14. The largest absolute Gasteiger partial charge is 0.320 e. The molecule has 1 aliphatic rings. The molecule has 0 spiro atoms. The van der Waals surface area contributed by atoms with Crippen molar-refractivity contribution in [3.8, 4) is 0 Å². The summed E-state index contributed by atoms with van der Waals surface area (Å²) in [5.41, 5.74) is 8.81. The summed E-state index contributed by atoms with van der Waals surface area (Å²) in [6, 6.07) is 4.07. The maximum atomic E-state index is 6.28. The number of hydrogen-bond acceptors (Lipinski definition) is 2. The van der Waals surface area contributed by atoms with Crippen molar-refractivity contribution < 1.29 is 0 Å². The predicted molar refractivity (Wildman–Crippen MR) is 67.0 cm³/mol. The van der Waals surface area contributed by atoms with Crippen LogP contribution in [0.25, 0.3) is 0 Å². The SMILES string of the molecule is NC(/C1=C/CCCCCC1)c1cccnc1. The van der Waals surface area contributed by atoms with Crippen molar-refractivity contribution >= 4 is 0 Å². The van der Waals surface area contributed by atoms with E-state index >= 15 is 0 Å². The lowest BCUT2D eigenvalue weighted by Gasteiger charge is -2.18. The van der Waals surface area contributed by atoms with Crippen LogP contribution >= 0.6 is 0 Å². The molecule has 1 aliphatic carbocycles. The van der Waals surface area contributed by atoms with Gasteiger partial charge in [-0.1, -0.05) is 30.6 Å². The molecule has 1 aromatic rings. The first-order valence-electron chi connectivity index (χ1n) is 6.22. The molecule has 1 unspecified atom stereocenters. The first kappa shape index (κ1) is 11.3. The predicted octanol–water partition coefficient (Wildman–Crippen LogP) is 3.36. The van der Waals surface area contributed by atoms with Crippen LogP contribution < -0.4 is 5.73 Å². The molecule has 0 saturated heterocycles. The van der Waals surface area contributed by atoms with E-state index in [1.54, 1.807) is 6.20 Å². The van der Waals surface area contributed by atoms with Crippen LogP contribution in [0.2, 0.25) is 0 Å². The Morgan fingerprint density at radius 2 is 2.06 bits per heavy atom. The van der Waals surface area contributed by atoms with Crippen LogP contribution in [-0.2, 0) is 0 Å². The minimum absolute atomic E-state index is 0.0480. The fourth-order valence-electron chi connectivity index (χ4n) is 2.27. The summed E-state index contributed by atoms with van der Waals surface area (Å²) >= 11 is 0. The van der Waals surface area contributed by atoms with Crippen molar-refractivity contribution in [2.45, 2.75) is 44.6 Å². The summed E-state index contributed by atoms with van der Waals surface area (Å²) in [6.45, 7) is 0. The van der Waals surface area contributed by atoms with Crippen molar-refractivity contribution in [1.82, 2.24) is 4.98 Å². The van der Waals surface area contributed by atoms with Crippen LogP contribution in [0.3, 0.4) is 0 Å². The van der Waals surface area contributed by atoms with Crippen molar-refractivity contribution in [3.63, 3.8) is 0 Å². The third kappa shape index (κ3) is 2.92. The highest BCUT2D eigenvalue weighted by Gasteiger charge is 2.12. The highest BCUT2D eigenvalue weighted by molar-refractivity contribution is 5.25. The van der Waals surface area contributed by atoms with Gasteiger partial charge in [0.2, 0.25) is 0 Å². The molecule has 2 N–H and O–H groups in total. The van der Waals surface area contributed by atoms with Gasteiger partial charge in [-0.2, -0.15) is 0 Å². The second-order valence-corrected chi connectivity index (χ2v) is 4.50. The number of nitrogens with two attached hydrogens (primary N) is 1. The molecule has 86 valence electrons. The van der Waals surface area contributed by atoms with Crippen LogP contribution in [0, 0.1) is 0 Å². The Morgan fingerprint density at radius 1 is 1.19 bits per heavy atom. The van der Waals surface area contributed by atoms with Crippen molar-refractivity contribution in [2.75, 3.05) is 0 Å². The van der Waals surface area contributed by atoms with Crippen molar-refractivity contribution in [1.29, 1.82) is 0 Å². The first-order valence-corrected chi connectivity index (χ1v) is 6.22. The molecule has 1 heterocycles. The first-order chi connectivity index (χ1) is 7.88. The number of rotatable bonds is 2. The molecule has 0 bridgehead atoms. The maximum Gasteiger partial charge on any atom is 0.0526 e. The smallest absolute Gasteiger partial charge is 0.0526 e. The second-order valence-electron chi connectivity index (χ2n) is 4.50. The summed E-state index contributed by atoms with van der Waals surface area (Å²) in [6.07, 6.45) is 13.6. The van der Waals surface area contributed by atoms with Gasteiger partial charge in [-0.05, 0) is 37.3 Å². The Morgan fingerprint density at radius 3 is 2.88 bits per heavy atom. The van der Waals surface area contributed by atoms with Gasteiger partial charge in [0.1, 0.15) is 0 Å². The molecule has 16 heavy (non-hydrogen) atoms. The number of aromatic nitrogens is 1. The molecule has 1 atom stereocenters. The van der Waals surface area contributed by atoms with E-state index < -0.39 is 0 Å². The van der Waals surface area contributed by atoms with Gasteiger partial charge in [0.25, 0.3) is 0 Å². The lowest BCUT2D eigenvalue weighted by atomic mass is 9.92. The van der Waals surface area contributed by atoms with Crippen molar-refractivity contribution in [2.24, 2.45) is 5.73 Å². The monoisotopic (exact) mass is 216 g/mol. The van der Waals surface area contributed by atoms with Gasteiger partial charge in [-0.25, -0.2) is 0 Å². The molecule has 0 fully saturated rings. The van der Waals surface area contributed by atoms with E-state index in [0.29, 0.717) is 0 Å². The molecular formula is C14H20N2. The molecule has 0 aromatic carbocycles. The van der Waals surface area contributed by atoms with Crippen LogP contribution in [0.1, 0.15) is 50.1 Å². The summed E-state index contributed by atoms with van der Waals surface area (Å²) in [5, 5.41) is 0. The highest BCUT2D eigenvalue weighted by atomic mass is 14.7. The fourth-order valence-corrected chi connectivity index (χ4v) is 2.27. The Bertz CT molecular complexity index is 343. The zero-order valence-corrected chi connectivity index (χ0v) is 9.73. The normalized spacial score (nSPS) is 22.7. The standard InChI is InChI=1S/C14H20N2/c15-14(13-9-6-10-16-11-13)12-7-4-2-1-3-5-8-12/h6-7,9-11,14H,1-5,8,15H2/b12-7+.